The molecule has 0 aromatic rings. The van der Waals surface area contributed by atoms with Crippen molar-refractivity contribution in [1.82, 2.24) is 0 Å². The highest BCUT2D eigenvalue weighted by molar-refractivity contribution is 5.69. The van der Waals surface area contributed by atoms with Crippen LogP contribution in [-0.2, 0) is 9.53 Å². The lowest BCUT2D eigenvalue weighted by Gasteiger charge is -2.58. The van der Waals surface area contributed by atoms with E-state index in [9.17, 15) is 4.79 Å². The molecule has 0 aliphatic heterocycles. The fourth-order valence-electron chi connectivity index (χ4n) is 11.8. The summed E-state index contributed by atoms with van der Waals surface area (Å²) < 4.78 is 6.14. The van der Waals surface area contributed by atoms with Gasteiger partial charge in [0.05, 0.1) is 0 Å². The summed E-state index contributed by atoms with van der Waals surface area (Å²) in [4.78, 5) is 12.8. The molecule has 8 atom stereocenters. The first-order chi connectivity index (χ1) is 23.2. The molecule has 2 nitrogen and oxygen atoms in total. The minimum absolute atomic E-state index is 0.0659. The van der Waals surface area contributed by atoms with Gasteiger partial charge in [0.1, 0.15) is 6.10 Å². The van der Waals surface area contributed by atoms with Gasteiger partial charge >= 0.3 is 5.97 Å². The van der Waals surface area contributed by atoms with Crippen molar-refractivity contribution in [3.63, 3.8) is 0 Å². The molecule has 1 unspecified atom stereocenters. The van der Waals surface area contributed by atoms with Gasteiger partial charge in [0, 0.05) is 12.8 Å². The van der Waals surface area contributed by atoms with E-state index in [0.717, 1.165) is 54.8 Å². The number of carbonyl (C=O) groups is 1. The van der Waals surface area contributed by atoms with Crippen molar-refractivity contribution in [2.45, 2.75) is 227 Å². The monoisotopic (exact) mass is 667 g/mol. The summed E-state index contributed by atoms with van der Waals surface area (Å²) in [5, 5.41) is 0. The van der Waals surface area contributed by atoms with E-state index in [0.29, 0.717) is 17.3 Å². The average molecular weight is 667 g/mol. The molecule has 0 amide bonds. The van der Waals surface area contributed by atoms with Crippen LogP contribution in [-0.4, -0.2) is 12.1 Å². The van der Waals surface area contributed by atoms with Gasteiger partial charge in [-0.1, -0.05) is 169 Å². The number of carbonyl (C=O) groups excluding carboxylic acids is 1. The molecule has 3 fully saturated rings. The predicted molar refractivity (Wildman–Crippen MR) is 207 cm³/mol. The Morgan fingerprint density at radius 1 is 0.729 bits per heavy atom. The van der Waals surface area contributed by atoms with Gasteiger partial charge in [-0.3, -0.25) is 4.79 Å². The average Bonchev–Trinajstić information content (AvgIpc) is 3.42. The number of fused-ring (bicyclic) bond motifs is 5. The molecule has 48 heavy (non-hydrogen) atoms. The first-order valence-corrected chi connectivity index (χ1v) is 22.1. The van der Waals surface area contributed by atoms with Crippen molar-refractivity contribution >= 4 is 5.97 Å². The van der Waals surface area contributed by atoms with Gasteiger partial charge in [-0.15, -0.1) is 0 Å². The second-order valence-electron chi connectivity index (χ2n) is 18.7. The fraction of sp³-hybridized carbons (Fsp3) is 0.935. The molecular formula is C46H82O2. The van der Waals surface area contributed by atoms with Crippen LogP contribution < -0.4 is 0 Å². The van der Waals surface area contributed by atoms with Crippen LogP contribution in [0.3, 0.4) is 0 Å². The normalized spacial score (nSPS) is 32.0. The molecule has 0 spiro atoms. The third-order valence-corrected chi connectivity index (χ3v) is 14.8. The lowest BCUT2D eigenvalue weighted by molar-refractivity contribution is -0.151. The van der Waals surface area contributed by atoms with Crippen LogP contribution in [0.4, 0.5) is 0 Å². The first-order valence-electron chi connectivity index (χ1n) is 22.1. The number of rotatable bonds is 23. The zero-order chi connectivity index (χ0) is 34.4. The zero-order valence-electron chi connectivity index (χ0n) is 33.2. The summed E-state index contributed by atoms with van der Waals surface area (Å²) >= 11 is 0. The second kappa shape index (κ2) is 20.3. The molecule has 278 valence electrons. The van der Waals surface area contributed by atoms with Crippen LogP contribution in [0.5, 0.6) is 0 Å². The van der Waals surface area contributed by atoms with Crippen molar-refractivity contribution in [3.8, 4) is 0 Å². The van der Waals surface area contributed by atoms with Gasteiger partial charge in [0.2, 0.25) is 0 Å². The Balaban J connectivity index is 1.08. The molecule has 0 saturated heterocycles. The third kappa shape index (κ3) is 11.1. The van der Waals surface area contributed by atoms with Crippen molar-refractivity contribution in [1.29, 1.82) is 0 Å². The SMILES string of the molecule is CCCCCCCCCCCCCCCCCCC(=O)O[C@H]1CC[C@@]2(C)C(=CC[C@H]3[C@@H]4CC[C@H](C(C)CCCC(C)C)[C@@]4(C)CC[C@@H]32)C1. The summed E-state index contributed by atoms with van der Waals surface area (Å²) in [5.41, 5.74) is 2.54. The highest BCUT2D eigenvalue weighted by atomic mass is 16.5. The zero-order valence-corrected chi connectivity index (χ0v) is 33.2. The predicted octanol–water partition coefficient (Wildman–Crippen LogP) is 14.6. The Bertz CT molecular complexity index is 950. The van der Waals surface area contributed by atoms with Gasteiger partial charge in [0.15, 0.2) is 0 Å². The summed E-state index contributed by atoms with van der Waals surface area (Å²) in [6.07, 6.45) is 39.9. The number of esters is 1. The van der Waals surface area contributed by atoms with E-state index in [-0.39, 0.29) is 12.1 Å². The van der Waals surface area contributed by atoms with E-state index in [1.54, 1.807) is 5.57 Å². The Morgan fingerprint density at radius 2 is 1.33 bits per heavy atom. The van der Waals surface area contributed by atoms with Crippen LogP contribution >= 0.6 is 0 Å². The lowest BCUT2D eigenvalue weighted by atomic mass is 9.47. The minimum Gasteiger partial charge on any atom is -0.462 e. The molecule has 4 aliphatic carbocycles. The maximum absolute atomic E-state index is 12.8. The Labute approximate surface area is 300 Å². The van der Waals surface area contributed by atoms with E-state index in [1.165, 1.54) is 154 Å². The molecule has 0 radical (unpaired) electrons. The summed E-state index contributed by atoms with van der Waals surface area (Å²) in [6.45, 7) is 15.0. The number of ether oxygens (including phenoxy) is 1. The molecule has 0 aromatic heterocycles. The number of unbranched alkanes of at least 4 members (excludes halogenated alkanes) is 15. The Hall–Kier alpha value is -0.790. The maximum atomic E-state index is 12.8. The van der Waals surface area contributed by atoms with Gasteiger partial charge in [0.25, 0.3) is 0 Å². The molecule has 4 aliphatic rings. The van der Waals surface area contributed by atoms with E-state index < -0.39 is 0 Å². The number of hydrogen-bond donors (Lipinski definition) is 0. The summed E-state index contributed by atoms with van der Waals surface area (Å²) in [6, 6.07) is 0. The lowest BCUT2D eigenvalue weighted by Crippen LogP contribution is -2.51. The van der Waals surface area contributed by atoms with Crippen molar-refractivity contribution in [2.75, 3.05) is 0 Å². The number of allylic oxidation sites excluding steroid dienone is 1. The van der Waals surface area contributed by atoms with Crippen LogP contribution in [0.25, 0.3) is 0 Å². The van der Waals surface area contributed by atoms with Gasteiger partial charge in [-0.25, -0.2) is 0 Å². The van der Waals surface area contributed by atoms with Crippen LogP contribution in [0, 0.1) is 46.3 Å². The van der Waals surface area contributed by atoms with E-state index in [4.69, 9.17) is 4.74 Å². The second-order valence-corrected chi connectivity index (χ2v) is 18.7. The quantitative estimate of drug-likeness (QED) is 0.0616. The van der Waals surface area contributed by atoms with Crippen LogP contribution in [0.15, 0.2) is 11.6 Å². The molecular weight excluding hydrogens is 585 g/mol. The number of hydrogen-bond acceptors (Lipinski definition) is 2. The highest BCUT2D eigenvalue weighted by Crippen LogP contribution is 2.67. The van der Waals surface area contributed by atoms with Gasteiger partial charge < -0.3 is 4.74 Å². The van der Waals surface area contributed by atoms with Crippen LogP contribution in [0.2, 0.25) is 0 Å². The fourth-order valence-corrected chi connectivity index (χ4v) is 11.8. The molecule has 2 heteroatoms. The van der Waals surface area contributed by atoms with E-state index >= 15 is 0 Å². The Kier molecular flexibility index (Phi) is 16.9. The molecule has 0 aromatic carbocycles. The smallest absolute Gasteiger partial charge is 0.306 e. The van der Waals surface area contributed by atoms with Crippen molar-refractivity contribution in [2.24, 2.45) is 46.3 Å². The topological polar surface area (TPSA) is 26.3 Å². The largest absolute Gasteiger partial charge is 0.462 e. The molecule has 0 bridgehead atoms. The van der Waals surface area contributed by atoms with Crippen molar-refractivity contribution in [3.05, 3.63) is 11.6 Å². The maximum Gasteiger partial charge on any atom is 0.306 e. The standard InChI is InChI=1S/C46H82O2/c1-7-8-9-10-11-12-13-14-15-16-17-18-19-20-21-22-26-44(47)48-39-31-33-45(5)38(35-39)27-28-40-42-30-29-41(37(4)25-23-24-36(2)3)46(42,6)34-32-43(40)45/h27,36-37,39-43H,7-26,28-35H2,1-6H3/t37?,39-,40-,41+,42-,43-,45-,46+/m0/s1. The molecule has 0 N–H and O–H groups in total. The first kappa shape index (κ1) is 40.0. The minimum atomic E-state index is 0.0659. The molecule has 3 saturated carbocycles. The molecule has 4 rings (SSSR count). The van der Waals surface area contributed by atoms with Crippen molar-refractivity contribution < 1.29 is 9.53 Å². The highest BCUT2D eigenvalue weighted by Gasteiger charge is 2.59. The third-order valence-electron chi connectivity index (χ3n) is 14.8. The molecule has 0 heterocycles. The summed E-state index contributed by atoms with van der Waals surface area (Å²) in [5.74, 6) is 5.34. The van der Waals surface area contributed by atoms with Gasteiger partial charge in [-0.2, -0.15) is 0 Å². The van der Waals surface area contributed by atoms with Crippen LogP contribution in [0.1, 0.15) is 221 Å². The van der Waals surface area contributed by atoms with Gasteiger partial charge in [-0.05, 0) is 97.7 Å². The Morgan fingerprint density at radius 3 is 1.94 bits per heavy atom. The summed E-state index contributed by atoms with van der Waals surface area (Å²) in [7, 11) is 0. The van der Waals surface area contributed by atoms with E-state index in [2.05, 4.69) is 47.6 Å². The van der Waals surface area contributed by atoms with E-state index in [1.807, 2.05) is 0 Å².